The molecule has 0 bridgehead atoms. The number of ether oxygens (including phenoxy) is 1. The van der Waals surface area contributed by atoms with Crippen LogP contribution in [0, 0.1) is 11.7 Å². The van der Waals surface area contributed by atoms with Crippen molar-refractivity contribution in [2.24, 2.45) is 5.92 Å². The summed E-state index contributed by atoms with van der Waals surface area (Å²) in [7, 11) is 4.01. The van der Waals surface area contributed by atoms with Crippen LogP contribution in [0.4, 0.5) is 4.39 Å². The topological polar surface area (TPSA) is 37.4 Å². The van der Waals surface area contributed by atoms with Gasteiger partial charge in [-0.3, -0.25) is 4.98 Å². The lowest BCUT2D eigenvalue weighted by Gasteiger charge is -2.21. The number of nitrogens with zero attached hydrogens (tertiary/aromatic N) is 2. The number of likely N-dealkylation sites (N-methyl/N-ethyl adjacent to an activating group) is 1. The quantitative estimate of drug-likeness (QED) is 0.672. The monoisotopic (exact) mass is 295 g/mol. The number of hydrogen-bond donors (Lipinski definition) is 1. The maximum atomic E-state index is 12.9. The van der Waals surface area contributed by atoms with E-state index < -0.39 is 0 Å². The van der Waals surface area contributed by atoms with Crippen molar-refractivity contribution in [3.63, 3.8) is 0 Å². The van der Waals surface area contributed by atoms with Crippen LogP contribution in [0.5, 0.6) is 0 Å². The molecule has 0 spiro atoms. The molecule has 2 rings (SSSR count). The Balaban J connectivity index is 1.65. The summed E-state index contributed by atoms with van der Waals surface area (Å²) in [6, 6.07) is 3.36. The molecule has 1 fully saturated rings. The average molecular weight is 295 g/mol. The SMILES string of the molecule is CNC(CCN(C)CCOCC1CC1)c1ccc(F)cn1. The smallest absolute Gasteiger partial charge is 0.141 e. The predicted octanol–water partition coefficient (Wildman–Crippen LogP) is 2.23. The Morgan fingerprint density at radius 3 is 2.86 bits per heavy atom. The second-order valence-electron chi connectivity index (χ2n) is 5.85. The zero-order chi connectivity index (χ0) is 15.1. The van der Waals surface area contributed by atoms with Gasteiger partial charge in [0, 0.05) is 13.2 Å². The molecule has 1 N–H and O–H groups in total. The van der Waals surface area contributed by atoms with Crippen LogP contribution < -0.4 is 5.32 Å². The van der Waals surface area contributed by atoms with E-state index in [2.05, 4.69) is 22.2 Å². The molecule has 1 unspecified atom stereocenters. The predicted molar refractivity (Wildman–Crippen MR) is 81.7 cm³/mol. The van der Waals surface area contributed by atoms with E-state index in [4.69, 9.17) is 4.74 Å². The number of aromatic nitrogens is 1. The van der Waals surface area contributed by atoms with Crippen molar-refractivity contribution in [1.29, 1.82) is 0 Å². The van der Waals surface area contributed by atoms with Gasteiger partial charge in [-0.15, -0.1) is 0 Å². The molecule has 0 aliphatic heterocycles. The molecule has 0 saturated heterocycles. The largest absolute Gasteiger partial charge is 0.380 e. The summed E-state index contributed by atoms with van der Waals surface area (Å²) < 4.78 is 18.5. The van der Waals surface area contributed by atoms with Crippen molar-refractivity contribution in [3.8, 4) is 0 Å². The van der Waals surface area contributed by atoms with Crippen molar-refractivity contribution in [2.75, 3.05) is 40.4 Å². The van der Waals surface area contributed by atoms with Gasteiger partial charge in [-0.25, -0.2) is 4.39 Å². The Bertz CT molecular complexity index is 408. The number of halogens is 1. The van der Waals surface area contributed by atoms with E-state index in [1.54, 1.807) is 6.07 Å². The first-order valence-corrected chi connectivity index (χ1v) is 7.74. The Morgan fingerprint density at radius 2 is 2.24 bits per heavy atom. The Morgan fingerprint density at radius 1 is 1.43 bits per heavy atom. The van der Waals surface area contributed by atoms with E-state index in [1.807, 2.05) is 7.05 Å². The highest BCUT2D eigenvalue weighted by molar-refractivity contribution is 5.09. The third kappa shape index (κ3) is 6.08. The van der Waals surface area contributed by atoms with Gasteiger partial charge in [-0.05, 0) is 58.0 Å². The molecule has 0 amide bonds. The second-order valence-corrected chi connectivity index (χ2v) is 5.85. The Hall–Kier alpha value is -1.04. The van der Waals surface area contributed by atoms with Crippen molar-refractivity contribution in [3.05, 3.63) is 29.8 Å². The zero-order valence-electron chi connectivity index (χ0n) is 13.0. The first-order chi connectivity index (χ1) is 10.2. The molecular weight excluding hydrogens is 269 g/mol. The van der Waals surface area contributed by atoms with Gasteiger partial charge in [0.1, 0.15) is 5.82 Å². The van der Waals surface area contributed by atoms with Crippen LogP contribution in [0.25, 0.3) is 0 Å². The van der Waals surface area contributed by atoms with Crippen LogP contribution in [0.2, 0.25) is 0 Å². The molecule has 21 heavy (non-hydrogen) atoms. The third-order valence-corrected chi connectivity index (χ3v) is 3.92. The molecule has 1 aromatic rings. The average Bonchev–Trinajstić information content (AvgIpc) is 3.30. The highest BCUT2D eigenvalue weighted by Gasteiger charge is 2.21. The summed E-state index contributed by atoms with van der Waals surface area (Å²) in [5.41, 5.74) is 0.886. The molecule has 4 nitrogen and oxygen atoms in total. The van der Waals surface area contributed by atoms with Gasteiger partial charge in [-0.1, -0.05) is 0 Å². The van der Waals surface area contributed by atoms with Gasteiger partial charge in [0.15, 0.2) is 0 Å². The third-order valence-electron chi connectivity index (χ3n) is 3.92. The fourth-order valence-corrected chi connectivity index (χ4v) is 2.25. The van der Waals surface area contributed by atoms with Crippen LogP contribution >= 0.6 is 0 Å². The fourth-order valence-electron chi connectivity index (χ4n) is 2.25. The van der Waals surface area contributed by atoms with Crippen LogP contribution in [0.1, 0.15) is 31.0 Å². The van der Waals surface area contributed by atoms with Gasteiger partial charge in [0.25, 0.3) is 0 Å². The highest BCUT2D eigenvalue weighted by Crippen LogP contribution is 2.28. The maximum absolute atomic E-state index is 12.9. The van der Waals surface area contributed by atoms with Crippen molar-refractivity contribution in [1.82, 2.24) is 15.2 Å². The normalized spacial score (nSPS) is 16.4. The van der Waals surface area contributed by atoms with E-state index in [1.165, 1.54) is 25.1 Å². The molecule has 0 aromatic carbocycles. The summed E-state index contributed by atoms with van der Waals surface area (Å²) >= 11 is 0. The molecule has 1 heterocycles. The summed E-state index contributed by atoms with van der Waals surface area (Å²) in [6.45, 7) is 3.62. The zero-order valence-corrected chi connectivity index (χ0v) is 13.0. The van der Waals surface area contributed by atoms with Gasteiger partial charge in [0.05, 0.1) is 24.5 Å². The van der Waals surface area contributed by atoms with Gasteiger partial charge in [0.2, 0.25) is 0 Å². The molecule has 0 radical (unpaired) electrons. The van der Waals surface area contributed by atoms with Gasteiger partial charge in [-0.2, -0.15) is 0 Å². The lowest BCUT2D eigenvalue weighted by atomic mass is 10.1. The molecule has 1 aliphatic carbocycles. The van der Waals surface area contributed by atoms with E-state index in [0.29, 0.717) is 0 Å². The lowest BCUT2D eigenvalue weighted by molar-refractivity contribution is 0.102. The van der Waals surface area contributed by atoms with E-state index in [-0.39, 0.29) is 11.9 Å². The van der Waals surface area contributed by atoms with Crippen molar-refractivity contribution < 1.29 is 9.13 Å². The van der Waals surface area contributed by atoms with Crippen LogP contribution in [-0.2, 0) is 4.74 Å². The molecule has 1 aliphatic rings. The summed E-state index contributed by atoms with van der Waals surface area (Å²) in [6.07, 6.45) is 4.89. The number of hydrogen-bond acceptors (Lipinski definition) is 4. The number of rotatable bonds is 10. The molecule has 1 atom stereocenters. The first kappa shape index (κ1) is 16.3. The minimum atomic E-state index is -0.293. The standard InChI is InChI=1S/C16H26FN3O/c1-18-15(16-6-5-14(17)11-19-16)7-8-20(2)9-10-21-12-13-3-4-13/h5-6,11,13,15,18H,3-4,7-10,12H2,1-2H3. The summed E-state index contributed by atoms with van der Waals surface area (Å²) in [5.74, 6) is 0.534. The number of pyridine rings is 1. The van der Waals surface area contributed by atoms with E-state index in [9.17, 15) is 4.39 Å². The lowest BCUT2D eigenvalue weighted by Crippen LogP contribution is -2.28. The van der Waals surface area contributed by atoms with Crippen LogP contribution in [-0.4, -0.2) is 50.3 Å². The minimum Gasteiger partial charge on any atom is -0.380 e. The van der Waals surface area contributed by atoms with E-state index >= 15 is 0 Å². The molecule has 1 aromatic heterocycles. The van der Waals surface area contributed by atoms with Crippen LogP contribution in [0.3, 0.4) is 0 Å². The number of nitrogens with one attached hydrogen (secondary N) is 1. The van der Waals surface area contributed by atoms with Crippen molar-refractivity contribution in [2.45, 2.75) is 25.3 Å². The molecular formula is C16H26FN3O. The summed E-state index contributed by atoms with van der Waals surface area (Å²) in [4.78, 5) is 6.41. The Kier molecular flexibility index (Phi) is 6.54. The van der Waals surface area contributed by atoms with Gasteiger partial charge >= 0.3 is 0 Å². The summed E-state index contributed by atoms with van der Waals surface area (Å²) in [5, 5.41) is 3.24. The van der Waals surface area contributed by atoms with Crippen LogP contribution in [0.15, 0.2) is 18.3 Å². The second kappa shape index (κ2) is 8.41. The Labute approximate surface area is 126 Å². The maximum Gasteiger partial charge on any atom is 0.141 e. The molecule has 1 saturated carbocycles. The van der Waals surface area contributed by atoms with Gasteiger partial charge < -0.3 is 15.0 Å². The molecule has 5 heteroatoms. The van der Waals surface area contributed by atoms with Crippen molar-refractivity contribution >= 4 is 0 Å². The first-order valence-electron chi connectivity index (χ1n) is 7.74. The molecule has 118 valence electrons. The minimum absolute atomic E-state index is 0.153. The van der Waals surface area contributed by atoms with E-state index in [0.717, 1.165) is 44.3 Å². The fraction of sp³-hybridized carbons (Fsp3) is 0.688. The highest BCUT2D eigenvalue weighted by atomic mass is 19.1.